The molecule has 1 heterocycles. The highest BCUT2D eigenvalue weighted by Crippen LogP contribution is 2.21. The molecular formula is C11H19F3N2O. The minimum absolute atomic E-state index is 0.162. The van der Waals surface area contributed by atoms with Gasteiger partial charge in [-0.1, -0.05) is 0 Å². The summed E-state index contributed by atoms with van der Waals surface area (Å²) in [5.41, 5.74) is 0. The predicted molar refractivity (Wildman–Crippen MR) is 57.9 cm³/mol. The largest absolute Gasteiger partial charge is 0.411 e. The molecule has 1 unspecified atom stereocenters. The molecule has 3 nitrogen and oxygen atoms in total. The van der Waals surface area contributed by atoms with Gasteiger partial charge in [-0.3, -0.25) is 4.90 Å². The first-order valence-corrected chi connectivity index (χ1v) is 6.16. The van der Waals surface area contributed by atoms with Crippen molar-refractivity contribution in [1.29, 1.82) is 0 Å². The second kappa shape index (κ2) is 5.54. The highest BCUT2D eigenvalue weighted by molar-refractivity contribution is 4.89. The number of hydrogen-bond donors (Lipinski definition) is 1. The number of rotatable bonds is 6. The maximum absolute atomic E-state index is 11.8. The van der Waals surface area contributed by atoms with Crippen LogP contribution in [0.4, 0.5) is 13.2 Å². The van der Waals surface area contributed by atoms with Gasteiger partial charge in [0.15, 0.2) is 0 Å². The van der Waals surface area contributed by atoms with Gasteiger partial charge >= 0.3 is 6.18 Å². The molecule has 0 radical (unpaired) electrons. The van der Waals surface area contributed by atoms with Gasteiger partial charge in [-0.25, -0.2) is 0 Å². The number of alkyl halides is 3. The molecule has 1 saturated carbocycles. The van der Waals surface area contributed by atoms with E-state index in [0.29, 0.717) is 18.6 Å². The molecule has 0 aromatic rings. The van der Waals surface area contributed by atoms with Crippen molar-refractivity contribution >= 4 is 0 Å². The smallest absolute Gasteiger partial charge is 0.371 e. The monoisotopic (exact) mass is 252 g/mol. The van der Waals surface area contributed by atoms with Crippen molar-refractivity contribution in [3.8, 4) is 0 Å². The molecule has 2 fully saturated rings. The van der Waals surface area contributed by atoms with Crippen LogP contribution in [0.15, 0.2) is 0 Å². The Bertz CT molecular complexity index is 243. The quantitative estimate of drug-likeness (QED) is 0.723. The molecule has 6 heteroatoms. The Hall–Kier alpha value is -0.330. The molecule has 1 N–H and O–H groups in total. The summed E-state index contributed by atoms with van der Waals surface area (Å²) in [4.78, 5) is 2.16. The number of hydrogen-bond acceptors (Lipinski definition) is 3. The van der Waals surface area contributed by atoms with E-state index in [-0.39, 0.29) is 6.61 Å². The Morgan fingerprint density at radius 2 is 1.94 bits per heavy atom. The summed E-state index contributed by atoms with van der Waals surface area (Å²) < 4.78 is 40.1. The highest BCUT2D eigenvalue weighted by Gasteiger charge is 2.30. The fourth-order valence-corrected chi connectivity index (χ4v) is 2.14. The lowest BCUT2D eigenvalue weighted by molar-refractivity contribution is -0.174. The second-order valence-electron chi connectivity index (χ2n) is 4.89. The normalized spacial score (nSPS) is 26.6. The van der Waals surface area contributed by atoms with Crippen LogP contribution in [-0.2, 0) is 4.74 Å². The zero-order valence-corrected chi connectivity index (χ0v) is 9.80. The van der Waals surface area contributed by atoms with E-state index in [4.69, 9.17) is 0 Å². The van der Waals surface area contributed by atoms with Gasteiger partial charge in [0.2, 0.25) is 0 Å². The van der Waals surface area contributed by atoms with Gasteiger partial charge < -0.3 is 10.1 Å². The summed E-state index contributed by atoms with van der Waals surface area (Å²) in [5, 5.41) is 3.53. The molecule has 1 atom stereocenters. The summed E-state index contributed by atoms with van der Waals surface area (Å²) in [5.74, 6) is 0. The van der Waals surface area contributed by atoms with Crippen LogP contribution in [0.3, 0.4) is 0 Å². The van der Waals surface area contributed by atoms with E-state index in [9.17, 15) is 13.2 Å². The number of nitrogens with zero attached hydrogens (tertiary/aromatic N) is 1. The fraction of sp³-hybridized carbons (Fsp3) is 1.00. The van der Waals surface area contributed by atoms with Gasteiger partial charge in [0.25, 0.3) is 0 Å². The highest BCUT2D eigenvalue weighted by atomic mass is 19.4. The van der Waals surface area contributed by atoms with Crippen LogP contribution in [0.25, 0.3) is 0 Å². The average molecular weight is 252 g/mol. The van der Waals surface area contributed by atoms with Crippen molar-refractivity contribution < 1.29 is 17.9 Å². The van der Waals surface area contributed by atoms with E-state index >= 15 is 0 Å². The summed E-state index contributed by atoms with van der Waals surface area (Å²) in [6.45, 7) is 1.52. The van der Waals surface area contributed by atoms with Crippen LogP contribution in [0.2, 0.25) is 0 Å². The molecule has 17 heavy (non-hydrogen) atoms. The van der Waals surface area contributed by atoms with Crippen molar-refractivity contribution in [1.82, 2.24) is 10.2 Å². The van der Waals surface area contributed by atoms with Crippen molar-refractivity contribution in [2.75, 3.05) is 32.8 Å². The van der Waals surface area contributed by atoms with E-state index < -0.39 is 12.8 Å². The van der Waals surface area contributed by atoms with E-state index in [1.54, 1.807) is 0 Å². The summed E-state index contributed by atoms with van der Waals surface area (Å²) in [6.07, 6.45) is -0.576. The molecule has 0 amide bonds. The first-order valence-electron chi connectivity index (χ1n) is 6.16. The third-order valence-corrected chi connectivity index (χ3v) is 3.14. The number of likely N-dealkylation sites (tertiary alicyclic amines) is 1. The molecule has 1 saturated heterocycles. The molecule has 0 aromatic carbocycles. The van der Waals surface area contributed by atoms with Gasteiger partial charge in [0, 0.05) is 25.2 Å². The van der Waals surface area contributed by atoms with Gasteiger partial charge in [0.05, 0.1) is 6.61 Å². The van der Waals surface area contributed by atoms with Crippen LogP contribution in [0, 0.1) is 0 Å². The van der Waals surface area contributed by atoms with Crippen LogP contribution in [-0.4, -0.2) is 56.0 Å². The topological polar surface area (TPSA) is 24.5 Å². The Morgan fingerprint density at radius 1 is 1.18 bits per heavy atom. The van der Waals surface area contributed by atoms with E-state index in [2.05, 4.69) is 15.0 Å². The minimum atomic E-state index is -4.21. The average Bonchev–Trinajstić information content (AvgIpc) is 2.91. The van der Waals surface area contributed by atoms with Gasteiger partial charge in [-0.15, -0.1) is 0 Å². The first-order chi connectivity index (χ1) is 8.03. The van der Waals surface area contributed by atoms with Gasteiger partial charge in [-0.2, -0.15) is 13.2 Å². The zero-order valence-electron chi connectivity index (χ0n) is 9.80. The van der Waals surface area contributed by atoms with Gasteiger partial charge in [0.1, 0.15) is 6.61 Å². The third-order valence-electron chi connectivity index (χ3n) is 3.14. The van der Waals surface area contributed by atoms with Crippen LogP contribution < -0.4 is 5.32 Å². The van der Waals surface area contributed by atoms with Crippen LogP contribution in [0.1, 0.15) is 19.3 Å². The number of halogens is 3. The lowest BCUT2D eigenvalue weighted by Crippen LogP contribution is -2.35. The first kappa shape index (κ1) is 13.1. The SMILES string of the molecule is FC(F)(F)COCCN1CCC(NC2CC2)C1. The second-order valence-corrected chi connectivity index (χ2v) is 4.89. The van der Waals surface area contributed by atoms with Crippen LogP contribution in [0.5, 0.6) is 0 Å². The molecule has 0 bridgehead atoms. The Kier molecular flexibility index (Phi) is 4.27. The van der Waals surface area contributed by atoms with E-state index in [1.165, 1.54) is 12.8 Å². The van der Waals surface area contributed by atoms with Crippen molar-refractivity contribution in [2.24, 2.45) is 0 Å². The fourth-order valence-electron chi connectivity index (χ4n) is 2.14. The molecule has 2 aliphatic rings. The summed E-state index contributed by atoms with van der Waals surface area (Å²) >= 11 is 0. The number of ether oxygens (including phenoxy) is 1. The van der Waals surface area contributed by atoms with Crippen molar-refractivity contribution in [3.63, 3.8) is 0 Å². The van der Waals surface area contributed by atoms with E-state index in [0.717, 1.165) is 19.5 Å². The molecule has 1 aliphatic carbocycles. The molecule has 0 spiro atoms. The maximum Gasteiger partial charge on any atom is 0.411 e. The van der Waals surface area contributed by atoms with E-state index in [1.807, 2.05) is 0 Å². The Labute approximate surface area is 99.3 Å². The molecule has 100 valence electrons. The minimum Gasteiger partial charge on any atom is -0.371 e. The molecule has 0 aromatic heterocycles. The Balaban J connectivity index is 1.52. The van der Waals surface area contributed by atoms with Crippen molar-refractivity contribution in [2.45, 2.75) is 37.5 Å². The molecular weight excluding hydrogens is 233 g/mol. The summed E-state index contributed by atoms with van der Waals surface area (Å²) in [7, 11) is 0. The molecule has 2 rings (SSSR count). The maximum atomic E-state index is 11.8. The summed E-state index contributed by atoms with van der Waals surface area (Å²) in [6, 6.07) is 1.21. The number of nitrogens with one attached hydrogen (secondary N) is 1. The van der Waals surface area contributed by atoms with Crippen molar-refractivity contribution in [3.05, 3.63) is 0 Å². The standard InChI is InChI=1S/C11H19F3N2O/c12-11(13,14)8-17-6-5-16-4-3-10(7-16)15-9-1-2-9/h9-10,15H,1-8H2. The molecule has 1 aliphatic heterocycles. The van der Waals surface area contributed by atoms with Gasteiger partial charge in [-0.05, 0) is 25.8 Å². The lowest BCUT2D eigenvalue weighted by Gasteiger charge is -2.16. The third kappa shape index (κ3) is 5.23. The zero-order chi connectivity index (χ0) is 12.3. The van der Waals surface area contributed by atoms with Crippen LogP contribution >= 0.6 is 0 Å². The lowest BCUT2D eigenvalue weighted by atomic mass is 10.2. The Morgan fingerprint density at radius 3 is 2.59 bits per heavy atom. The predicted octanol–water partition coefficient (Wildman–Crippen LogP) is 1.39.